The van der Waals surface area contributed by atoms with Gasteiger partial charge in [0.1, 0.15) is 0 Å². The largest absolute Gasteiger partial charge is 0.378 e. The third-order valence-corrected chi connectivity index (χ3v) is 4.62. The van der Waals surface area contributed by atoms with Crippen molar-refractivity contribution in [2.45, 2.75) is 6.54 Å². The van der Waals surface area contributed by atoms with Crippen LogP contribution in [0.2, 0.25) is 0 Å². The van der Waals surface area contributed by atoms with Crippen LogP contribution in [0.4, 0.5) is 5.69 Å². The predicted octanol–water partition coefficient (Wildman–Crippen LogP) is 3.81. The first-order valence-electron chi connectivity index (χ1n) is 7.67. The Labute approximate surface area is 145 Å². The first-order valence-corrected chi connectivity index (χ1v) is 8.55. The van der Waals surface area contributed by atoms with Gasteiger partial charge in [-0.25, -0.2) is 0 Å². The Hall–Kier alpha value is -2.66. The van der Waals surface area contributed by atoms with E-state index in [4.69, 9.17) is 0 Å². The minimum Gasteiger partial charge on any atom is -0.378 e. The molecule has 0 aliphatic rings. The van der Waals surface area contributed by atoms with Crippen LogP contribution < -0.4 is 10.2 Å². The van der Waals surface area contributed by atoms with Gasteiger partial charge in [-0.2, -0.15) is 0 Å². The molecule has 3 aromatic rings. The lowest BCUT2D eigenvalue weighted by Gasteiger charge is -2.12. The topological polar surface area (TPSA) is 45.2 Å². The third-order valence-electron chi connectivity index (χ3n) is 3.70. The summed E-state index contributed by atoms with van der Waals surface area (Å²) in [6.45, 7) is 0.459. The number of pyridine rings is 1. The zero-order valence-corrected chi connectivity index (χ0v) is 14.5. The van der Waals surface area contributed by atoms with Gasteiger partial charge >= 0.3 is 0 Å². The lowest BCUT2D eigenvalue weighted by atomic mass is 10.1. The lowest BCUT2D eigenvalue weighted by Crippen LogP contribution is -2.23. The van der Waals surface area contributed by atoms with Crippen LogP contribution in [0.1, 0.15) is 15.9 Å². The second-order valence-electron chi connectivity index (χ2n) is 5.68. The SMILES string of the molecule is CN(C)c1ccc(C(=O)NCc2cncc(-c3cccs3)c2)cc1. The van der Waals surface area contributed by atoms with Gasteiger partial charge in [-0.1, -0.05) is 6.07 Å². The van der Waals surface area contributed by atoms with Gasteiger partial charge < -0.3 is 10.2 Å². The monoisotopic (exact) mass is 337 g/mol. The fourth-order valence-corrected chi connectivity index (χ4v) is 3.07. The molecule has 0 saturated carbocycles. The fraction of sp³-hybridized carbons (Fsp3) is 0.158. The second kappa shape index (κ2) is 7.27. The summed E-state index contributed by atoms with van der Waals surface area (Å²) in [5.41, 5.74) is 3.79. The highest BCUT2D eigenvalue weighted by molar-refractivity contribution is 7.13. The van der Waals surface area contributed by atoms with E-state index >= 15 is 0 Å². The summed E-state index contributed by atoms with van der Waals surface area (Å²) >= 11 is 1.68. The predicted molar refractivity (Wildman–Crippen MR) is 99.5 cm³/mol. The molecule has 0 fully saturated rings. The van der Waals surface area contributed by atoms with E-state index in [9.17, 15) is 4.79 Å². The van der Waals surface area contributed by atoms with Crippen LogP contribution >= 0.6 is 11.3 Å². The van der Waals surface area contributed by atoms with Crippen molar-refractivity contribution >= 4 is 22.9 Å². The highest BCUT2D eigenvalue weighted by atomic mass is 32.1. The van der Waals surface area contributed by atoms with E-state index < -0.39 is 0 Å². The molecule has 2 heterocycles. The molecule has 2 aromatic heterocycles. The number of rotatable bonds is 5. The minimum absolute atomic E-state index is 0.0816. The average Bonchev–Trinajstić information content (AvgIpc) is 3.15. The standard InChI is InChI=1S/C19H19N3OS/c1-22(2)17-7-5-15(6-8-17)19(23)21-12-14-10-16(13-20-11-14)18-4-3-9-24-18/h3-11,13H,12H2,1-2H3,(H,21,23). The fourth-order valence-electron chi connectivity index (χ4n) is 2.36. The zero-order valence-electron chi connectivity index (χ0n) is 13.7. The number of nitrogens with zero attached hydrogens (tertiary/aromatic N) is 2. The van der Waals surface area contributed by atoms with E-state index in [0.717, 1.165) is 16.8 Å². The molecule has 1 aromatic carbocycles. The number of carbonyl (C=O) groups is 1. The Morgan fingerprint density at radius 2 is 1.96 bits per heavy atom. The number of aromatic nitrogens is 1. The number of anilines is 1. The molecule has 0 bridgehead atoms. The number of nitrogens with one attached hydrogen (secondary N) is 1. The van der Waals surface area contributed by atoms with Gasteiger partial charge in [0.25, 0.3) is 5.91 Å². The van der Waals surface area contributed by atoms with Gasteiger partial charge in [-0.15, -0.1) is 11.3 Å². The van der Waals surface area contributed by atoms with Crippen molar-refractivity contribution in [2.24, 2.45) is 0 Å². The molecule has 3 rings (SSSR count). The van der Waals surface area contributed by atoms with Crippen molar-refractivity contribution in [3.8, 4) is 10.4 Å². The maximum absolute atomic E-state index is 12.3. The molecule has 0 radical (unpaired) electrons. The number of hydrogen-bond donors (Lipinski definition) is 1. The van der Waals surface area contributed by atoms with Crippen LogP contribution in [0.25, 0.3) is 10.4 Å². The molecule has 0 unspecified atom stereocenters. The van der Waals surface area contributed by atoms with Crippen molar-refractivity contribution < 1.29 is 4.79 Å². The van der Waals surface area contributed by atoms with Crippen LogP contribution in [-0.2, 0) is 6.54 Å². The normalized spacial score (nSPS) is 10.4. The van der Waals surface area contributed by atoms with Gasteiger partial charge in [-0.05, 0) is 47.3 Å². The van der Waals surface area contributed by atoms with Gasteiger partial charge in [-0.3, -0.25) is 9.78 Å². The Morgan fingerprint density at radius 1 is 1.17 bits per heavy atom. The summed E-state index contributed by atoms with van der Waals surface area (Å²) in [7, 11) is 3.95. The van der Waals surface area contributed by atoms with Crippen molar-refractivity contribution in [1.29, 1.82) is 0 Å². The number of hydrogen-bond acceptors (Lipinski definition) is 4. The molecule has 0 spiro atoms. The van der Waals surface area contributed by atoms with Gasteiger partial charge in [0, 0.05) is 54.7 Å². The summed E-state index contributed by atoms with van der Waals surface area (Å²) in [4.78, 5) is 19.7. The summed E-state index contributed by atoms with van der Waals surface area (Å²) in [5.74, 6) is -0.0816. The first kappa shape index (κ1) is 16.2. The van der Waals surface area contributed by atoms with Crippen LogP contribution in [0, 0.1) is 0 Å². The van der Waals surface area contributed by atoms with E-state index in [1.165, 1.54) is 4.88 Å². The minimum atomic E-state index is -0.0816. The van der Waals surface area contributed by atoms with E-state index in [2.05, 4.69) is 22.4 Å². The summed E-state index contributed by atoms with van der Waals surface area (Å²) in [6, 6.07) is 13.7. The quantitative estimate of drug-likeness (QED) is 0.770. The highest BCUT2D eigenvalue weighted by Gasteiger charge is 2.07. The molecule has 24 heavy (non-hydrogen) atoms. The molecular weight excluding hydrogens is 318 g/mol. The smallest absolute Gasteiger partial charge is 0.251 e. The van der Waals surface area contributed by atoms with Crippen LogP contribution in [-0.4, -0.2) is 25.0 Å². The Bertz CT molecular complexity index is 811. The maximum Gasteiger partial charge on any atom is 0.251 e. The lowest BCUT2D eigenvalue weighted by molar-refractivity contribution is 0.0951. The third kappa shape index (κ3) is 3.81. The molecule has 122 valence electrons. The number of thiophene rings is 1. The van der Waals surface area contributed by atoms with Crippen molar-refractivity contribution in [1.82, 2.24) is 10.3 Å². The molecule has 1 N–H and O–H groups in total. The highest BCUT2D eigenvalue weighted by Crippen LogP contribution is 2.24. The van der Waals surface area contributed by atoms with Crippen molar-refractivity contribution in [2.75, 3.05) is 19.0 Å². The summed E-state index contributed by atoms with van der Waals surface area (Å²) < 4.78 is 0. The zero-order chi connectivity index (χ0) is 16.9. The molecule has 0 saturated heterocycles. The van der Waals surface area contributed by atoms with Crippen LogP contribution in [0.3, 0.4) is 0 Å². The second-order valence-corrected chi connectivity index (χ2v) is 6.63. The van der Waals surface area contributed by atoms with Crippen LogP contribution in [0.5, 0.6) is 0 Å². The maximum atomic E-state index is 12.3. The Morgan fingerprint density at radius 3 is 2.62 bits per heavy atom. The van der Waals surface area contributed by atoms with E-state index in [1.54, 1.807) is 17.5 Å². The van der Waals surface area contributed by atoms with Gasteiger partial charge in [0.15, 0.2) is 0 Å². The first-order chi connectivity index (χ1) is 11.6. The van der Waals surface area contributed by atoms with Crippen molar-refractivity contribution in [3.63, 3.8) is 0 Å². The Kier molecular flexibility index (Phi) is 4.91. The number of carbonyl (C=O) groups excluding carboxylic acids is 1. The van der Waals surface area contributed by atoms with Crippen LogP contribution in [0.15, 0.2) is 60.2 Å². The van der Waals surface area contributed by atoms with E-state index in [0.29, 0.717) is 12.1 Å². The number of benzene rings is 1. The molecular formula is C19H19N3OS. The Balaban J connectivity index is 1.65. The molecule has 0 atom stereocenters. The molecule has 1 amide bonds. The molecule has 5 heteroatoms. The average molecular weight is 337 g/mol. The van der Waals surface area contributed by atoms with Gasteiger partial charge in [0.05, 0.1) is 0 Å². The summed E-state index contributed by atoms with van der Waals surface area (Å²) in [5, 5.41) is 4.99. The van der Waals surface area contributed by atoms with E-state index in [1.807, 2.05) is 60.9 Å². The van der Waals surface area contributed by atoms with Gasteiger partial charge in [0.2, 0.25) is 0 Å². The van der Waals surface area contributed by atoms with Crippen molar-refractivity contribution in [3.05, 3.63) is 71.4 Å². The number of amides is 1. The molecule has 4 nitrogen and oxygen atoms in total. The molecule has 0 aliphatic heterocycles. The molecule has 0 aliphatic carbocycles. The van der Waals surface area contributed by atoms with E-state index in [-0.39, 0.29) is 5.91 Å². The summed E-state index contributed by atoms with van der Waals surface area (Å²) in [6.07, 6.45) is 3.63.